The van der Waals surface area contributed by atoms with Crippen molar-refractivity contribution in [2.24, 2.45) is 0 Å². The van der Waals surface area contributed by atoms with Crippen molar-refractivity contribution in [1.29, 1.82) is 0 Å². The van der Waals surface area contributed by atoms with Gasteiger partial charge < -0.3 is 4.74 Å². The van der Waals surface area contributed by atoms with E-state index in [1.54, 1.807) is 0 Å². The van der Waals surface area contributed by atoms with Crippen molar-refractivity contribution in [3.05, 3.63) is 35.4 Å². The van der Waals surface area contributed by atoms with E-state index in [4.69, 9.17) is 4.74 Å². The third kappa shape index (κ3) is 1.43. The summed E-state index contributed by atoms with van der Waals surface area (Å²) < 4.78 is 5.69. The second kappa shape index (κ2) is 3.66. The molecule has 0 aromatic heterocycles. The second-order valence-electron chi connectivity index (χ2n) is 3.31. The van der Waals surface area contributed by atoms with Crippen LogP contribution in [-0.2, 0) is 4.79 Å². The van der Waals surface area contributed by atoms with Gasteiger partial charge in [0, 0.05) is 11.1 Å². The molecule has 0 unspecified atom stereocenters. The van der Waals surface area contributed by atoms with Crippen LogP contribution in [0.5, 0.6) is 5.75 Å². The molecule has 0 N–H and O–H groups in total. The Morgan fingerprint density at radius 3 is 2.93 bits per heavy atom. The van der Waals surface area contributed by atoms with Crippen LogP contribution in [0.25, 0.3) is 6.08 Å². The maximum Gasteiger partial charge on any atom is 0.149 e. The molecule has 0 amide bonds. The summed E-state index contributed by atoms with van der Waals surface area (Å²) in [4.78, 5) is 10.8. The smallest absolute Gasteiger partial charge is 0.149 e. The highest BCUT2D eigenvalue weighted by molar-refractivity contribution is 5.85. The number of rotatable bonds is 2. The van der Waals surface area contributed by atoms with Gasteiger partial charge in [-0.1, -0.05) is 25.1 Å². The molecule has 0 spiro atoms. The Balaban J connectivity index is 2.44. The Kier molecular flexibility index (Phi) is 2.35. The molecule has 1 atom stereocenters. The highest BCUT2D eigenvalue weighted by Crippen LogP contribution is 2.29. The largest absolute Gasteiger partial charge is 0.485 e. The summed E-state index contributed by atoms with van der Waals surface area (Å²) in [6, 6.07) is 7.75. The van der Waals surface area contributed by atoms with Crippen LogP contribution in [0.15, 0.2) is 29.8 Å². The Morgan fingerprint density at radius 2 is 2.21 bits per heavy atom. The molecule has 0 aliphatic carbocycles. The highest BCUT2D eigenvalue weighted by Gasteiger charge is 2.19. The van der Waals surface area contributed by atoms with Gasteiger partial charge in [-0.25, -0.2) is 0 Å². The minimum atomic E-state index is -0.0811. The van der Waals surface area contributed by atoms with Gasteiger partial charge in [0.1, 0.15) is 18.1 Å². The Bertz CT molecular complexity index is 380. The number of ether oxygens (including phenoxy) is 1. The minimum Gasteiger partial charge on any atom is -0.485 e. The molecule has 1 heterocycles. The molecule has 0 saturated carbocycles. The van der Waals surface area contributed by atoms with E-state index in [0.717, 1.165) is 29.6 Å². The third-order valence-corrected chi connectivity index (χ3v) is 2.39. The fourth-order valence-electron chi connectivity index (χ4n) is 1.63. The van der Waals surface area contributed by atoms with Gasteiger partial charge >= 0.3 is 0 Å². The van der Waals surface area contributed by atoms with E-state index in [9.17, 15) is 4.79 Å². The summed E-state index contributed by atoms with van der Waals surface area (Å²) in [6.45, 7) is 2.01. The predicted octanol–water partition coefficient (Wildman–Crippen LogP) is 2.44. The molecule has 1 aliphatic heterocycles. The quantitative estimate of drug-likeness (QED) is 0.666. The molecular formula is C12H12O2. The summed E-state index contributed by atoms with van der Waals surface area (Å²) in [5.41, 5.74) is 1.71. The van der Waals surface area contributed by atoms with E-state index >= 15 is 0 Å². The lowest BCUT2D eigenvalue weighted by molar-refractivity contribution is -0.105. The molecule has 72 valence electrons. The number of carbonyl (C=O) groups is 1. The summed E-state index contributed by atoms with van der Waals surface area (Å²) in [7, 11) is 0. The van der Waals surface area contributed by atoms with E-state index in [-0.39, 0.29) is 6.10 Å². The van der Waals surface area contributed by atoms with Crippen LogP contribution >= 0.6 is 0 Å². The van der Waals surface area contributed by atoms with E-state index in [1.165, 1.54) is 0 Å². The van der Waals surface area contributed by atoms with Gasteiger partial charge in [0.2, 0.25) is 0 Å². The van der Waals surface area contributed by atoms with Crippen molar-refractivity contribution in [3.63, 3.8) is 0 Å². The Hall–Kier alpha value is -1.57. The number of hydrogen-bond donors (Lipinski definition) is 0. The fourth-order valence-corrected chi connectivity index (χ4v) is 1.63. The van der Waals surface area contributed by atoms with E-state index in [0.29, 0.717) is 0 Å². The van der Waals surface area contributed by atoms with Crippen LogP contribution in [-0.4, -0.2) is 12.4 Å². The van der Waals surface area contributed by atoms with Crippen LogP contribution in [0.4, 0.5) is 0 Å². The maximum atomic E-state index is 10.8. The normalized spacial score (nSPS) is 19.2. The third-order valence-electron chi connectivity index (χ3n) is 2.39. The monoisotopic (exact) mass is 188 g/mol. The van der Waals surface area contributed by atoms with Crippen molar-refractivity contribution in [1.82, 2.24) is 0 Å². The molecule has 2 heteroatoms. The SMILES string of the molecule is CC[C@@H]1Oc2ccccc2C=C1C=O. The van der Waals surface area contributed by atoms with Gasteiger partial charge in [-0.15, -0.1) is 0 Å². The summed E-state index contributed by atoms with van der Waals surface area (Å²) >= 11 is 0. The first-order valence-corrected chi connectivity index (χ1v) is 4.77. The first-order chi connectivity index (χ1) is 6.85. The predicted molar refractivity (Wildman–Crippen MR) is 55.2 cm³/mol. The molecule has 0 saturated heterocycles. The van der Waals surface area contributed by atoms with E-state index in [1.807, 2.05) is 37.3 Å². The van der Waals surface area contributed by atoms with E-state index < -0.39 is 0 Å². The van der Waals surface area contributed by atoms with Gasteiger partial charge in [-0.2, -0.15) is 0 Å². The molecule has 0 fully saturated rings. The van der Waals surface area contributed by atoms with Crippen LogP contribution < -0.4 is 4.74 Å². The molecular weight excluding hydrogens is 176 g/mol. The van der Waals surface area contributed by atoms with Crippen molar-refractivity contribution in [2.45, 2.75) is 19.4 Å². The summed E-state index contributed by atoms with van der Waals surface area (Å²) in [6.07, 6.45) is 3.52. The van der Waals surface area contributed by atoms with Crippen molar-refractivity contribution in [2.75, 3.05) is 0 Å². The molecule has 0 bridgehead atoms. The highest BCUT2D eigenvalue weighted by atomic mass is 16.5. The molecule has 0 radical (unpaired) electrons. The van der Waals surface area contributed by atoms with Crippen molar-refractivity contribution in [3.8, 4) is 5.75 Å². The zero-order valence-corrected chi connectivity index (χ0v) is 8.07. The topological polar surface area (TPSA) is 26.3 Å². The van der Waals surface area contributed by atoms with Gasteiger partial charge in [0.25, 0.3) is 0 Å². The second-order valence-corrected chi connectivity index (χ2v) is 3.31. The average Bonchev–Trinajstić information content (AvgIpc) is 2.27. The number of aldehydes is 1. The average molecular weight is 188 g/mol. The van der Waals surface area contributed by atoms with Gasteiger partial charge in [0.05, 0.1) is 0 Å². The maximum absolute atomic E-state index is 10.8. The van der Waals surface area contributed by atoms with Crippen molar-refractivity contribution < 1.29 is 9.53 Å². The Labute approximate surface area is 83.2 Å². The van der Waals surface area contributed by atoms with Crippen LogP contribution in [0.1, 0.15) is 18.9 Å². The van der Waals surface area contributed by atoms with Crippen LogP contribution in [0, 0.1) is 0 Å². The number of benzene rings is 1. The van der Waals surface area contributed by atoms with Gasteiger partial charge in [-0.3, -0.25) is 4.79 Å². The molecule has 1 aromatic rings. The first kappa shape index (κ1) is 9.00. The van der Waals surface area contributed by atoms with Gasteiger partial charge in [0.15, 0.2) is 0 Å². The zero-order chi connectivity index (χ0) is 9.97. The number of carbonyl (C=O) groups excluding carboxylic acids is 1. The number of fused-ring (bicyclic) bond motifs is 1. The molecule has 2 rings (SSSR count). The standard InChI is InChI=1S/C12H12O2/c1-2-11-10(8-13)7-9-5-3-4-6-12(9)14-11/h3-8,11H,2H2,1H3/t11-/m0/s1. The summed E-state index contributed by atoms with van der Waals surface area (Å²) in [5, 5.41) is 0. The molecule has 1 aromatic carbocycles. The summed E-state index contributed by atoms with van der Waals surface area (Å²) in [5.74, 6) is 0.866. The van der Waals surface area contributed by atoms with E-state index in [2.05, 4.69) is 0 Å². The minimum absolute atomic E-state index is 0.0811. The van der Waals surface area contributed by atoms with Crippen molar-refractivity contribution >= 4 is 12.4 Å². The first-order valence-electron chi connectivity index (χ1n) is 4.77. The fraction of sp³-hybridized carbons (Fsp3) is 0.250. The number of para-hydroxylation sites is 1. The Morgan fingerprint density at radius 1 is 1.43 bits per heavy atom. The lowest BCUT2D eigenvalue weighted by atomic mass is 10.0. The molecule has 1 aliphatic rings. The number of hydrogen-bond acceptors (Lipinski definition) is 2. The van der Waals surface area contributed by atoms with Crippen LogP contribution in [0.3, 0.4) is 0 Å². The van der Waals surface area contributed by atoms with Crippen LogP contribution in [0.2, 0.25) is 0 Å². The lowest BCUT2D eigenvalue weighted by Crippen LogP contribution is -2.22. The molecule has 2 nitrogen and oxygen atoms in total. The van der Waals surface area contributed by atoms with Gasteiger partial charge in [-0.05, 0) is 18.6 Å². The zero-order valence-electron chi connectivity index (χ0n) is 8.07. The lowest BCUT2D eigenvalue weighted by Gasteiger charge is -2.23. The molecule has 14 heavy (non-hydrogen) atoms.